The number of piperidine rings is 1. The lowest BCUT2D eigenvalue weighted by molar-refractivity contribution is -0.118. The Morgan fingerprint density at radius 2 is 2.12 bits per heavy atom. The normalized spacial score (nSPS) is 17.9. The highest BCUT2D eigenvalue weighted by atomic mass is 32.1. The van der Waals surface area contributed by atoms with Crippen molar-refractivity contribution in [2.24, 2.45) is 11.7 Å². The number of carbonyl (C=O) groups is 1. The lowest BCUT2D eigenvalue weighted by Crippen LogP contribution is -2.35. The molecule has 1 atom stereocenters. The zero-order valence-corrected chi connectivity index (χ0v) is 14.3. The van der Waals surface area contributed by atoms with Gasteiger partial charge in [-0.05, 0) is 42.9 Å². The second-order valence-corrected chi connectivity index (χ2v) is 7.28. The Balaban J connectivity index is 1.60. The minimum Gasteiger partial charge on any atom is -0.370 e. The highest BCUT2D eigenvalue weighted by Gasteiger charge is 2.23. The van der Waals surface area contributed by atoms with Gasteiger partial charge in [0, 0.05) is 25.9 Å². The summed E-state index contributed by atoms with van der Waals surface area (Å²) < 4.78 is 13.0. The second-order valence-electron chi connectivity index (χ2n) is 6.24. The quantitative estimate of drug-likeness (QED) is 0.871. The lowest BCUT2D eigenvalue weighted by atomic mass is 9.93. The Morgan fingerprint density at radius 3 is 2.88 bits per heavy atom. The van der Waals surface area contributed by atoms with Crippen LogP contribution in [0.3, 0.4) is 0 Å². The van der Waals surface area contributed by atoms with Crippen LogP contribution in [0.1, 0.15) is 36.3 Å². The smallest absolute Gasteiger partial charge is 0.217 e. The number of aromatic nitrogens is 2. The van der Waals surface area contributed by atoms with Crippen molar-refractivity contribution >= 4 is 22.4 Å². The highest BCUT2D eigenvalue weighted by molar-refractivity contribution is 7.15. The molecule has 2 heterocycles. The van der Waals surface area contributed by atoms with E-state index in [-0.39, 0.29) is 11.7 Å². The Labute approximate surface area is 144 Å². The predicted octanol–water partition coefficient (Wildman–Crippen LogP) is 2.75. The van der Waals surface area contributed by atoms with Crippen molar-refractivity contribution in [1.82, 2.24) is 10.2 Å². The molecular formula is C17H21FN4OS. The minimum absolute atomic E-state index is 0.230. The first kappa shape index (κ1) is 16.8. The third-order valence-corrected chi connectivity index (χ3v) is 5.30. The number of benzene rings is 1. The molecule has 1 aromatic carbocycles. The molecule has 1 amide bonds. The molecular weight excluding hydrogens is 327 g/mol. The van der Waals surface area contributed by atoms with Crippen LogP contribution in [0.25, 0.3) is 0 Å². The van der Waals surface area contributed by atoms with Gasteiger partial charge >= 0.3 is 0 Å². The van der Waals surface area contributed by atoms with Gasteiger partial charge in [-0.15, -0.1) is 10.2 Å². The monoisotopic (exact) mass is 348 g/mol. The number of halogens is 1. The molecule has 2 N–H and O–H groups in total. The third kappa shape index (κ3) is 4.50. The number of nitrogens with zero attached hydrogens (tertiary/aromatic N) is 3. The molecule has 2 aromatic rings. The van der Waals surface area contributed by atoms with Gasteiger partial charge in [-0.2, -0.15) is 0 Å². The van der Waals surface area contributed by atoms with Gasteiger partial charge in [-0.3, -0.25) is 4.79 Å². The number of rotatable bonds is 6. The summed E-state index contributed by atoms with van der Waals surface area (Å²) in [5.41, 5.74) is 6.27. The molecule has 24 heavy (non-hydrogen) atoms. The van der Waals surface area contributed by atoms with Crippen molar-refractivity contribution in [1.29, 1.82) is 0 Å². The zero-order valence-electron chi connectivity index (χ0n) is 13.4. The van der Waals surface area contributed by atoms with Crippen LogP contribution in [0.2, 0.25) is 0 Å². The van der Waals surface area contributed by atoms with Crippen LogP contribution in [0, 0.1) is 11.7 Å². The van der Waals surface area contributed by atoms with Gasteiger partial charge in [0.2, 0.25) is 11.0 Å². The maximum Gasteiger partial charge on any atom is 0.217 e. The van der Waals surface area contributed by atoms with E-state index in [1.165, 1.54) is 12.1 Å². The Kier molecular flexibility index (Phi) is 5.40. The molecule has 1 aliphatic heterocycles. The Morgan fingerprint density at radius 1 is 1.33 bits per heavy atom. The fraction of sp³-hybridized carbons (Fsp3) is 0.471. The molecule has 0 unspecified atom stereocenters. The highest BCUT2D eigenvalue weighted by Crippen LogP contribution is 2.28. The summed E-state index contributed by atoms with van der Waals surface area (Å²) in [6.07, 6.45) is 4.18. The number of nitrogens with two attached hydrogens (primary N) is 1. The summed E-state index contributed by atoms with van der Waals surface area (Å²) in [5, 5.41) is 10.4. The summed E-state index contributed by atoms with van der Waals surface area (Å²) >= 11 is 1.58. The molecule has 1 saturated heterocycles. The number of hydrogen-bond donors (Lipinski definition) is 1. The molecule has 0 aliphatic carbocycles. The van der Waals surface area contributed by atoms with Gasteiger partial charge in [0.05, 0.1) is 0 Å². The maximum absolute atomic E-state index is 13.0. The van der Waals surface area contributed by atoms with Crippen molar-refractivity contribution in [3.63, 3.8) is 0 Å². The van der Waals surface area contributed by atoms with Gasteiger partial charge < -0.3 is 10.6 Å². The summed E-state index contributed by atoms with van der Waals surface area (Å²) in [7, 11) is 0. The molecule has 7 heteroatoms. The van der Waals surface area contributed by atoms with E-state index in [1.54, 1.807) is 23.5 Å². The average Bonchev–Trinajstić information content (AvgIpc) is 3.04. The summed E-state index contributed by atoms with van der Waals surface area (Å²) in [6.45, 7) is 1.87. The van der Waals surface area contributed by atoms with Crippen LogP contribution in [0.4, 0.5) is 9.52 Å². The van der Waals surface area contributed by atoms with Gasteiger partial charge in [-0.25, -0.2) is 4.39 Å². The van der Waals surface area contributed by atoms with E-state index in [4.69, 9.17) is 5.73 Å². The number of anilines is 1. The molecule has 128 valence electrons. The van der Waals surface area contributed by atoms with Crippen LogP contribution in [-0.2, 0) is 11.2 Å². The summed E-state index contributed by atoms with van der Waals surface area (Å²) in [6, 6.07) is 6.48. The van der Waals surface area contributed by atoms with E-state index in [1.807, 2.05) is 0 Å². The molecule has 0 radical (unpaired) electrons. The van der Waals surface area contributed by atoms with Crippen molar-refractivity contribution in [2.75, 3.05) is 18.0 Å². The van der Waals surface area contributed by atoms with Gasteiger partial charge in [0.1, 0.15) is 10.8 Å². The number of primary amides is 1. The molecule has 1 aromatic heterocycles. The number of hydrogen-bond acceptors (Lipinski definition) is 5. The molecule has 0 saturated carbocycles. The molecule has 0 spiro atoms. The van der Waals surface area contributed by atoms with E-state index < -0.39 is 0 Å². The largest absolute Gasteiger partial charge is 0.370 e. The molecule has 5 nitrogen and oxygen atoms in total. The number of carbonyl (C=O) groups excluding carboxylic acids is 1. The van der Waals surface area contributed by atoms with Crippen molar-refractivity contribution in [3.05, 3.63) is 40.7 Å². The van der Waals surface area contributed by atoms with Crippen molar-refractivity contribution in [2.45, 2.75) is 32.1 Å². The summed E-state index contributed by atoms with van der Waals surface area (Å²) in [5.74, 6) is 0.0207. The van der Waals surface area contributed by atoms with Gasteiger partial charge in [0.25, 0.3) is 0 Å². The Hall–Kier alpha value is -2.02. The van der Waals surface area contributed by atoms with Gasteiger partial charge in [-0.1, -0.05) is 23.5 Å². The SMILES string of the molecule is NC(=O)CC[C@H]1CCCN(c2nnc(Cc3ccc(F)cc3)s2)C1. The zero-order chi connectivity index (χ0) is 16.9. The fourth-order valence-corrected chi connectivity index (χ4v) is 3.95. The van der Waals surface area contributed by atoms with Crippen LogP contribution < -0.4 is 10.6 Å². The second kappa shape index (κ2) is 7.70. The van der Waals surface area contributed by atoms with E-state index in [9.17, 15) is 9.18 Å². The first-order valence-corrected chi connectivity index (χ1v) is 9.02. The van der Waals surface area contributed by atoms with E-state index in [0.717, 1.165) is 48.1 Å². The first-order valence-electron chi connectivity index (χ1n) is 8.20. The van der Waals surface area contributed by atoms with Crippen LogP contribution in [0.5, 0.6) is 0 Å². The Bertz CT molecular complexity index is 688. The standard InChI is InChI=1S/C17H21FN4OS/c18-14-6-3-12(4-7-14)10-16-20-21-17(24-16)22-9-1-2-13(11-22)5-8-15(19)23/h3-4,6-7,13H,1-2,5,8-11H2,(H2,19,23)/t13-/m1/s1. The van der Waals surface area contributed by atoms with Gasteiger partial charge in [0.15, 0.2) is 0 Å². The van der Waals surface area contributed by atoms with Crippen LogP contribution in [0.15, 0.2) is 24.3 Å². The van der Waals surface area contributed by atoms with Crippen LogP contribution in [-0.4, -0.2) is 29.2 Å². The fourth-order valence-electron chi connectivity index (χ4n) is 3.04. The molecule has 0 bridgehead atoms. The van der Waals surface area contributed by atoms with Crippen molar-refractivity contribution < 1.29 is 9.18 Å². The molecule has 3 rings (SSSR count). The maximum atomic E-state index is 13.0. The van der Waals surface area contributed by atoms with Crippen molar-refractivity contribution in [3.8, 4) is 0 Å². The number of amides is 1. The molecule has 1 fully saturated rings. The van der Waals surface area contributed by atoms with E-state index in [2.05, 4.69) is 15.1 Å². The first-order chi connectivity index (χ1) is 11.6. The van der Waals surface area contributed by atoms with Crippen LogP contribution >= 0.6 is 11.3 Å². The topological polar surface area (TPSA) is 72.1 Å². The lowest BCUT2D eigenvalue weighted by Gasteiger charge is -2.32. The molecule has 1 aliphatic rings. The average molecular weight is 348 g/mol. The predicted molar refractivity (Wildman–Crippen MR) is 92.5 cm³/mol. The van der Waals surface area contributed by atoms with E-state index >= 15 is 0 Å². The minimum atomic E-state index is -0.232. The van der Waals surface area contributed by atoms with E-state index in [0.29, 0.717) is 18.8 Å². The third-order valence-electron chi connectivity index (χ3n) is 4.31. The summed E-state index contributed by atoms with van der Waals surface area (Å²) in [4.78, 5) is 13.2.